The van der Waals surface area contributed by atoms with Gasteiger partial charge in [-0.3, -0.25) is 4.79 Å². The van der Waals surface area contributed by atoms with Crippen molar-refractivity contribution in [1.82, 2.24) is 5.32 Å². The SMILES string of the molecule is NC[C@H]1CCC[C@H]1C(=O)NC(C1CCCC1)C(F)(F)F. The van der Waals surface area contributed by atoms with E-state index in [4.69, 9.17) is 5.73 Å². The first-order valence-corrected chi connectivity index (χ1v) is 7.50. The van der Waals surface area contributed by atoms with Crippen LogP contribution in [0.25, 0.3) is 0 Å². The fourth-order valence-corrected chi connectivity index (χ4v) is 3.68. The number of hydrogen-bond donors (Lipinski definition) is 2. The van der Waals surface area contributed by atoms with Crippen molar-refractivity contribution in [2.24, 2.45) is 23.5 Å². The van der Waals surface area contributed by atoms with Crippen molar-refractivity contribution >= 4 is 5.91 Å². The van der Waals surface area contributed by atoms with Gasteiger partial charge in [-0.15, -0.1) is 0 Å². The highest BCUT2D eigenvalue weighted by Gasteiger charge is 2.47. The molecule has 0 bridgehead atoms. The van der Waals surface area contributed by atoms with E-state index in [1.807, 2.05) is 0 Å². The third-order valence-corrected chi connectivity index (χ3v) is 4.82. The van der Waals surface area contributed by atoms with Gasteiger partial charge in [-0.2, -0.15) is 13.2 Å². The van der Waals surface area contributed by atoms with Crippen LogP contribution in [0.1, 0.15) is 44.9 Å². The molecule has 116 valence electrons. The van der Waals surface area contributed by atoms with E-state index in [-0.39, 0.29) is 11.8 Å². The molecule has 0 aromatic rings. The minimum absolute atomic E-state index is 0.0347. The van der Waals surface area contributed by atoms with Gasteiger partial charge in [0.25, 0.3) is 0 Å². The van der Waals surface area contributed by atoms with Crippen molar-refractivity contribution in [1.29, 1.82) is 0 Å². The fourth-order valence-electron chi connectivity index (χ4n) is 3.68. The molecule has 2 aliphatic carbocycles. The Hall–Kier alpha value is -0.780. The number of alkyl halides is 3. The molecule has 20 heavy (non-hydrogen) atoms. The number of halogens is 3. The molecule has 2 saturated carbocycles. The number of carbonyl (C=O) groups is 1. The molecule has 2 fully saturated rings. The Labute approximate surface area is 117 Å². The number of rotatable bonds is 4. The van der Waals surface area contributed by atoms with E-state index in [2.05, 4.69) is 5.32 Å². The van der Waals surface area contributed by atoms with Crippen molar-refractivity contribution in [3.05, 3.63) is 0 Å². The van der Waals surface area contributed by atoms with Gasteiger partial charge < -0.3 is 11.1 Å². The zero-order valence-corrected chi connectivity index (χ0v) is 11.6. The highest BCUT2D eigenvalue weighted by molar-refractivity contribution is 5.79. The highest BCUT2D eigenvalue weighted by atomic mass is 19.4. The molecule has 0 spiro atoms. The van der Waals surface area contributed by atoms with Crippen LogP contribution in [-0.4, -0.2) is 24.7 Å². The van der Waals surface area contributed by atoms with Crippen LogP contribution in [-0.2, 0) is 4.79 Å². The first-order chi connectivity index (χ1) is 9.43. The largest absolute Gasteiger partial charge is 0.408 e. The summed E-state index contributed by atoms with van der Waals surface area (Å²) in [4.78, 5) is 12.2. The molecule has 0 radical (unpaired) electrons. The van der Waals surface area contributed by atoms with E-state index in [0.717, 1.165) is 25.7 Å². The summed E-state index contributed by atoms with van der Waals surface area (Å²) in [5.41, 5.74) is 5.60. The maximum absolute atomic E-state index is 13.2. The van der Waals surface area contributed by atoms with Gasteiger partial charge in [-0.05, 0) is 44.1 Å². The smallest absolute Gasteiger partial charge is 0.344 e. The van der Waals surface area contributed by atoms with Crippen LogP contribution in [0.4, 0.5) is 13.2 Å². The average Bonchev–Trinajstić information content (AvgIpc) is 3.04. The van der Waals surface area contributed by atoms with Gasteiger partial charge >= 0.3 is 6.18 Å². The van der Waals surface area contributed by atoms with E-state index < -0.39 is 24.0 Å². The Balaban J connectivity index is 2.01. The molecule has 1 amide bonds. The summed E-state index contributed by atoms with van der Waals surface area (Å²) in [6.45, 7) is 0.373. The first-order valence-electron chi connectivity index (χ1n) is 7.50. The predicted molar refractivity (Wildman–Crippen MR) is 69.8 cm³/mol. The maximum atomic E-state index is 13.2. The van der Waals surface area contributed by atoms with E-state index >= 15 is 0 Å². The Kier molecular flexibility index (Phi) is 4.94. The number of hydrogen-bond acceptors (Lipinski definition) is 2. The monoisotopic (exact) mass is 292 g/mol. The zero-order chi connectivity index (χ0) is 14.8. The quantitative estimate of drug-likeness (QED) is 0.837. The van der Waals surface area contributed by atoms with Crippen LogP contribution in [0.2, 0.25) is 0 Å². The van der Waals surface area contributed by atoms with Crippen LogP contribution in [0.3, 0.4) is 0 Å². The molecule has 0 heterocycles. The molecule has 0 saturated heterocycles. The van der Waals surface area contributed by atoms with E-state index in [1.54, 1.807) is 0 Å². The predicted octanol–water partition coefficient (Wildman–Crippen LogP) is 2.60. The number of amides is 1. The minimum atomic E-state index is -4.36. The fraction of sp³-hybridized carbons (Fsp3) is 0.929. The minimum Gasteiger partial charge on any atom is -0.344 e. The molecule has 3 atom stereocenters. The van der Waals surface area contributed by atoms with Gasteiger partial charge in [0.15, 0.2) is 0 Å². The van der Waals surface area contributed by atoms with Crippen molar-refractivity contribution in [3.63, 3.8) is 0 Å². The van der Waals surface area contributed by atoms with Crippen molar-refractivity contribution < 1.29 is 18.0 Å². The molecule has 3 nitrogen and oxygen atoms in total. The first kappa shape index (κ1) is 15.6. The summed E-state index contributed by atoms with van der Waals surface area (Å²) >= 11 is 0. The van der Waals surface area contributed by atoms with Crippen LogP contribution < -0.4 is 11.1 Å². The average molecular weight is 292 g/mol. The van der Waals surface area contributed by atoms with Crippen LogP contribution >= 0.6 is 0 Å². The Morgan fingerprint density at radius 2 is 1.80 bits per heavy atom. The number of carbonyl (C=O) groups excluding carboxylic acids is 1. The summed E-state index contributed by atoms with van der Waals surface area (Å²) in [7, 11) is 0. The zero-order valence-electron chi connectivity index (χ0n) is 11.6. The second kappa shape index (κ2) is 6.33. The van der Waals surface area contributed by atoms with Crippen molar-refractivity contribution in [2.45, 2.75) is 57.2 Å². The Morgan fingerprint density at radius 3 is 2.35 bits per heavy atom. The highest BCUT2D eigenvalue weighted by Crippen LogP contribution is 2.37. The van der Waals surface area contributed by atoms with Gasteiger partial charge in [-0.25, -0.2) is 0 Å². The molecule has 3 N–H and O–H groups in total. The molecule has 0 aromatic heterocycles. The van der Waals surface area contributed by atoms with Crippen LogP contribution in [0.15, 0.2) is 0 Å². The van der Waals surface area contributed by atoms with E-state index in [9.17, 15) is 18.0 Å². The maximum Gasteiger partial charge on any atom is 0.408 e. The van der Waals surface area contributed by atoms with Gasteiger partial charge in [0.2, 0.25) is 5.91 Å². The second-order valence-electron chi connectivity index (χ2n) is 6.11. The normalized spacial score (nSPS) is 29.6. The second-order valence-corrected chi connectivity index (χ2v) is 6.11. The van der Waals surface area contributed by atoms with Gasteiger partial charge in [0.05, 0.1) is 0 Å². The molecule has 6 heteroatoms. The lowest BCUT2D eigenvalue weighted by Crippen LogP contribution is -2.51. The van der Waals surface area contributed by atoms with Crippen LogP contribution in [0.5, 0.6) is 0 Å². The number of nitrogens with two attached hydrogens (primary N) is 1. The molecular formula is C14H23F3N2O. The summed E-state index contributed by atoms with van der Waals surface area (Å²) in [6.07, 6.45) is 0.758. The van der Waals surface area contributed by atoms with Crippen molar-refractivity contribution in [2.75, 3.05) is 6.54 Å². The lowest BCUT2D eigenvalue weighted by atomic mass is 9.92. The Morgan fingerprint density at radius 1 is 1.15 bits per heavy atom. The lowest BCUT2D eigenvalue weighted by molar-refractivity contribution is -0.173. The third kappa shape index (κ3) is 3.45. The standard InChI is InChI=1S/C14H23F3N2O/c15-14(16,17)12(9-4-1-2-5-9)19-13(20)11-7-3-6-10(11)8-18/h9-12H,1-8,18H2,(H,19,20)/t10-,11-,12?/m1/s1. The summed E-state index contributed by atoms with van der Waals surface area (Å²) in [5, 5.41) is 2.29. The molecule has 0 aromatic carbocycles. The topological polar surface area (TPSA) is 55.1 Å². The lowest BCUT2D eigenvalue weighted by Gasteiger charge is -2.29. The molecular weight excluding hydrogens is 269 g/mol. The molecule has 0 aliphatic heterocycles. The summed E-state index contributed by atoms with van der Waals surface area (Å²) < 4.78 is 39.5. The van der Waals surface area contributed by atoms with Gasteiger partial charge in [-0.1, -0.05) is 19.3 Å². The Bertz CT molecular complexity index is 340. The molecule has 2 aliphatic rings. The summed E-state index contributed by atoms with van der Waals surface area (Å²) in [6, 6.07) is -1.68. The summed E-state index contributed by atoms with van der Waals surface area (Å²) in [5.74, 6) is -1.22. The number of nitrogens with one attached hydrogen (secondary N) is 1. The molecule has 2 rings (SSSR count). The van der Waals surface area contributed by atoms with Crippen molar-refractivity contribution in [3.8, 4) is 0 Å². The van der Waals surface area contributed by atoms with Gasteiger partial charge in [0, 0.05) is 5.92 Å². The van der Waals surface area contributed by atoms with Gasteiger partial charge in [0.1, 0.15) is 6.04 Å². The van der Waals surface area contributed by atoms with Crippen LogP contribution in [0, 0.1) is 17.8 Å². The molecule has 1 unspecified atom stereocenters. The third-order valence-electron chi connectivity index (χ3n) is 4.82. The van der Waals surface area contributed by atoms with E-state index in [0.29, 0.717) is 25.8 Å². The van der Waals surface area contributed by atoms with E-state index in [1.165, 1.54) is 0 Å².